The summed E-state index contributed by atoms with van der Waals surface area (Å²) in [7, 11) is 0. The van der Waals surface area contributed by atoms with Gasteiger partial charge in [0.05, 0.1) is 0 Å². The van der Waals surface area contributed by atoms with Gasteiger partial charge in [-0.3, -0.25) is 0 Å². The molecule has 5 aliphatic carbocycles. The van der Waals surface area contributed by atoms with Gasteiger partial charge >= 0.3 is 0 Å². The first-order valence-corrected chi connectivity index (χ1v) is 11.2. The molecular weight excluding hydrogens is 290 g/mol. The summed E-state index contributed by atoms with van der Waals surface area (Å²) in [5.41, 5.74) is 1.16. The van der Waals surface area contributed by atoms with Crippen LogP contribution in [0.3, 0.4) is 0 Å². The fourth-order valence-electron chi connectivity index (χ4n) is 8.37. The molecule has 0 aromatic heterocycles. The Labute approximate surface area is 149 Å². The molecule has 0 amide bonds. The van der Waals surface area contributed by atoms with E-state index in [1.54, 1.807) is 38.5 Å². The molecular formula is C23H39N. The second-order valence-corrected chi connectivity index (χ2v) is 11.5. The maximum Gasteiger partial charge on any atom is 0.00407 e. The Morgan fingerprint density at radius 2 is 1.58 bits per heavy atom. The van der Waals surface area contributed by atoms with Crippen LogP contribution in [0.5, 0.6) is 0 Å². The minimum atomic E-state index is 0.574. The predicted molar refractivity (Wildman–Crippen MR) is 101 cm³/mol. The minimum Gasteiger partial charge on any atom is -0.302 e. The Morgan fingerprint density at radius 1 is 0.917 bits per heavy atom. The number of fused-ring (bicyclic) bond motifs is 2. The Balaban J connectivity index is 1.16. The average Bonchev–Trinajstić information content (AvgIpc) is 2.66. The van der Waals surface area contributed by atoms with Gasteiger partial charge in [0.25, 0.3) is 0 Å². The Kier molecular flexibility index (Phi) is 3.69. The van der Waals surface area contributed by atoms with Gasteiger partial charge in [0, 0.05) is 13.1 Å². The Morgan fingerprint density at radius 3 is 2.21 bits per heavy atom. The largest absolute Gasteiger partial charge is 0.302 e. The summed E-state index contributed by atoms with van der Waals surface area (Å²) in [6, 6.07) is 0. The molecule has 1 nitrogen and oxygen atoms in total. The summed E-state index contributed by atoms with van der Waals surface area (Å²) in [5.74, 6) is 6.63. The van der Waals surface area contributed by atoms with Gasteiger partial charge in [0.15, 0.2) is 0 Å². The lowest BCUT2D eigenvalue weighted by Crippen LogP contribution is -2.52. The van der Waals surface area contributed by atoms with Crippen LogP contribution in [0.1, 0.15) is 78.6 Å². The van der Waals surface area contributed by atoms with Crippen LogP contribution >= 0.6 is 0 Å². The first-order valence-electron chi connectivity index (χ1n) is 11.2. The van der Waals surface area contributed by atoms with E-state index in [1.807, 2.05) is 0 Å². The third-order valence-corrected chi connectivity index (χ3v) is 10.1. The monoisotopic (exact) mass is 329 g/mol. The number of nitrogens with zero attached hydrogens (tertiary/aromatic N) is 1. The summed E-state index contributed by atoms with van der Waals surface area (Å²) in [6.45, 7) is 11.8. The topological polar surface area (TPSA) is 3.24 Å². The van der Waals surface area contributed by atoms with Crippen molar-refractivity contribution >= 4 is 0 Å². The van der Waals surface area contributed by atoms with Gasteiger partial charge in [0.2, 0.25) is 0 Å². The molecule has 5 saturated carbocycles. The summed E-state index contributed by atoms with van der Waals surface area (Å²) < 4.78 is 0. The summed E-state index contributed by atoms with van der Waals surface area (Å²) >= 11 is 0. The highest BCUT2D eigenvalue weighted by molar-refractivity contribution is 5.06. The zero-order chi connectivity index (χ0) is 16.5. The van der Waals surface area contributed by atoms with Crippen molar-refractivity contribution in [3.63, 3.8) is 0 Å². The maximum atomic E-state index is 2.86. The molecule has 0 radical (unpaired) electrons. The zero-order valence-corrected chi connectivity index (χ0v) is 16.4. The van der Waals surface area contributed by atoms with Gasteiger partial charge in [-0.05, 0) is 111 Å². The van der Waals surface area contributed by atoms with Crippen molar-refractivity contribution in [2.75, 3.05) is 19.6 Å². The van der Waals surface area contributed by atoms with Gasteiger partial charge < -0.3 is 4.90 Å². The molecule has 1 unspecified atom stereocenters. The molecule has 0 N–H and O–H groups in total. The number of likely N-dealkylation sites (tertiary alicyclic amines) is 1. The normalized spacial score (nSPS) is 52.1. The van der Waals surface area contributed by atoms with Crippen LogP contribution in [0, 0.1) is 46.3 Å². The molecule has 0 aromatic carbocycles. The molecule has 6 fully saturated rings. The molecule has 0 aromatic rings. The van der Waals surface area contributed by atoms with E-state index in [4.69, 9.17) is 0 Å². The van der Waals surface area contributed by atoms with E-state index < -0.39 is 0 Å². The van der Waals surface area contributed by atoms with E-state index in [-0.39, 0.29) is 0 Å². The SMILES string of the molecule is CC1(C)C2CC[C@@]1(C)CN(CCCC1C3CC4CC(C3)CC1C4)C2. The lowest BCUT2D eigenvalue weighted by molar-refractivity contribution is -0.0449. The van der Waals surface area contributed by atoms with Crippen molar-refractivity contribution in [3.05, 3.63) is 0 Å². The van der Waals surface area contributed by atoms with Gasteiger partial charge in [-0.2, -0.15) is 0 Å². The zero-order valence-electron chi connectivity index (χ0n) is 16.4. The quantitative estimate of drug-likeness (QED) is 0.649. The second-order valence-electron chi connectivity index (χ2n) is 11.5. The third-order valence-electron chi connectivity index (χ3n) is 10.1. The molecule has 24 heavy (non-hydrogen) atoms. The average molecular weight is 330 g/mol. The Hall–Kier alpha value is -0.0400. The summed E-state index contributed by atoms with van der Waals surface area (Å²) in [6.07, 6.45) is 14.0. The van der Waals surface area contributed by atoms with Crippen LogP contribution in [-0.4, -0.2) is 24.5 Å². The van der Waals surface area contributed by atoms with E-state index in [0.717, 1.165) is 35.5 Å². The lowest BCUT2D eigenvalue weighted by atomic mass is 9.51. The molecule has 6 rings (SSSR count). The maximum absolute atomic E-state index is 2.86. The molecule has 1 heteroatoms. The minimum absolute atomic E-state index is 0.574. The van der Waals surface area contributed by atoms with Gasteiger partial charge in [-0.1, -0.05) is 20.8 Å². The van der Waals surface area contributed by atoms with Crippen molar-refractivity contribution in [2.24, 2.45) is 46.3 Å². The molecule has 1 heterocycles. The van der Waals surface area contributed by atoms with E-state index in [9.17, 15) is 0 Å². The first kappa shape index (κ1) is 16.2. The first-order chi connectivity index (χ1) is 11.4. The summed E-state index contributed by atoms with van der Waals surface area (Å²) in [4.78, 5) is 2.86. The smallest absolute Gasteiger partial charge is 0.00407 e. The van der Waals surface area contributed by atoms with Crippen LogP contribution in [0.15, 0.2) is 0 Å². The van der Waals surface area contributed by atoms with Crippen LogP contribution in [0.4, 0.5) is 0 Å². The van der Waals surface area contributed by atoms with Crippen molar-refractivity contribution in [1.82, 2.24) is 4.90 Å². The molecule has 0 spiro atoms. The molecule has 1 saturated heterocycles. The van der Waals surface area contributed by atoms with E-state index in [0.29, 0.717) is 10.8 Å². The lowest BCUT2D eigenvalue weighted by Gasteiger charge is -2.55. The number of piperidine rings is 1. The molecule has 136 valence electrons. The molecule has 6 aliphatic rings. The van der Waals surface area contributed by atoms with Crippen LogP contribution in [0.2, 0.25) is 0 Å². The van der Waals surface area contributed by atoms with Gasteiger partial charge in [0.1, 0.15) is 0 Å². The highest BCUT2D eigenvalue weighted by Gasteiger charge is 2.55. The van der Waals surface area contributed by atoms with Crippen LogP contribution in [-0.2, 0) is 0 Å². The van der Waals surface area contributed by atoms with Crippen LogP contribution < -0.4 is 0 Å². The number of hydrogen-bond acceptors (Lipinski definition) is 1. The van der Waals surface area contributed by atoms with E-state index in [2.05, 4.69) is 25.7 Å². The highest BCUT2D eigenvalue weighted by atomic mass is 15.2. The Bertz CT molecular complexity index is 466. The summed E-state index contributed by atoms with van der Waals surface area (Å²) in [5, 5.41) is 0. The van der Waals surface area contributed by atoms with Crippen molar-refractivity contribution in [2.45, 2.75) is 78.6 Å². The number of rotatable bonds is 4. The predicted octanol–water partition coefficient (Wildman–Crippen LogP) is 5.60. The van der Waals surface area contributed by atoms with Crippen molar-refractivity contribution in [3.8, 4) is 0 Å². The second kappa shape index (κ2) is 5.48. The fraction of sp³-hybridized carbons (Fsp3) is 1.00. The molecule has 2 atom stereocenters. The molecule has 6 bridgehead atoms. The van der Waals surface area contributed by atoms with E-state index in [1.165, 1.54) is 38.9 Å². The van der Waals surface area contributed by atoms with E-state index >= 15 is 0 Å². The van der Waals surface area contributed by atoms with Gasteiger partial charge in [-0.15, -0.1) is 0 Å². The number of hydrogen-bond donors (Lipinski definition) is 0. The standard InChI is InChI=1S/C23H39N/c1-22(2)20-6-7-23(22,3)15-24(14-20)8-4-5-21-18-10-16-9-17(12-18)13-19(21)11-16/h16-21H,4-15H2,1-3H3/t16?,17?,18?,19?,20?,21?,23-/m0/s1. The van der Waals surface area contributed by atoms with Crippen molar-refractivity contribution in [1.29, 1.82) is 0 Å². The van der Waals surface area contributed by atoms with Crippen molar-refractivity contribution < 1.29 is 0 Å². The molecule has 1 aliphatic heterocycles. The fourth-order valence-corrected chi connectivity index (χ4v) is 8.37. The highest BCUT2D eigenvalue weighted by Crippen LogP contribution is 2.59. The van der Waals surface area contributed by atoms with Crippen LogP contribution in [0.25, 0.3) is 0 Å². The van der Waals surface area contributed by atoms with Gasteiger partial charge in [-0.25, -0.2) is 0 Å². The third kappa shape index (κ3) is 2.36.